The second kappa shape index (κ2) is 7.44. The minimum atomic E-state index is -3.42. The van der Waals surface area contributed by atoms with Crippen LogP contribution < -0.4 is 15.8 Å². The number of likely N-dealkylation sites (tertiary alicyclic amines) is 1. The van der Waals surface area contributed by atoms with Crippen molar-refractivity contribution in [3.8, 4) is 0 Å². The summed E-state index contributed by atoms with van der Waals surface area (Å²) in [5, 5.41) is 9.96. The standard InChI is InChI=1S/C11H23N5O3S/c1-20(18,19)15-11(13)14-6-4-5-9(12)10(17)16-7-2-3-8-16/h9H,2-8,12H2,1H3,(H3,13,14,15)/t9-/m0/s1. The molecule has 0 bridgehead atoms. The molecule has 0 spiro atoms. The van der Waals surface area contributed by atoms with E-state index in [0.717, 1.165) is 32.2 Å². The molecule has 1 heterocycles. The van der Waals surface area contributed by atoms with Gasteiger partial charge in [-0.2, -0.15) is 0 Å². The van der Waals surface area contributed by atoms with E-state index in [1.807, 2.05) is 4.72 Å². The summed E-state index contributed by atoms with van der Waals surface area (Å²) >= 11 is 0. The van der Waals surface area contributed by atoms with E-state index in [1.54, 1.807) is 4.90 Å². The second-order valence-electron chi connectivity index (χ2n) is 4.96. The van der Waals surface area contributed by atoms with Crippen molar-refractivity contribution >= 4 is 21.9 Å². The highest BCUT2D eigenvalue weighted by Crippen LogP contribution is 2.10. The maximum atomic E-state index is 11.9. The Kier molecular flexibility index (Phi) is 6.21. The lowest BCUT2D eigenvalue weighted by Gasteiger charge is -2.20. The molecule has 1 aliphatic heterocycles. The van der Waals surface area contributed by atoms with E-state index >= 15 is 0 Å². The molecule has 1 aliphatic rings. The largest absolute Gasteiger partial charge is 0.356 e. The number of sulfonamides is 1. The molecule has 0 unspecified atom stereocenters. The van der Waals surface area contributed by atoms with E-state index in [2.05, 4.69) is 5.32 Å². The summed E-state index contributed by atoms with van der Waals surface area (Å²) in [5.41, 5.74) is 5.83. The quantitative estimate of drug-likeness (QED) is 0.278. The highest BCUT2D eigenvalue weighted by molar-refractivity contribution is 7.89. The van der Waals surface area contributed by atoms with Crippen LogP contribution in [0, 0.1) is 5.41 Å². The molecule has 5 N–H and O–H groups in total. The van der Waals surface area contributed by atoms with Crippen LogP contribution in [0.2, 0.25) is 0 Å². The minimum absolute atomic E-state index is 0.0214. The van der Waals surface area contributed by atoms with Gasteiger partial charge in [0, 0.05) is 19.6 Å². The van der Waals surface area contributed by atoms with Crippen LogP contribution in [0.25, 0.3) is 0 Å². The molecule has 0 aromatic rings. The molecule has 1 saturated heterocycles. The zero-order chi connectivity index (χ0) is 15.2. The lowest BCUT2D eigenvalue weighted by molar-refractivity contribution is -0.131. The van der Waals surface area contributed by atoms with Gasteiger partial charge in [-0.25, -0.2) is 8.42 Å². The molecular weight excluding hydrogens is 282 g/mol. The van der Waals surface area contributed by atoms with Crippen molar-refractivity contribution in [1.29, 1.82) is 5.41 Å². The molecule has 116 valence electrons. The van der Waals surface area contributed by atoms with Crippen LogP contribution in [-0.2, 0) is 14.8 Å². The maximum absolute atomic E-state index is 11.9. The topological polar surface area (TPSA) is 128 Å². The van der Waals surface area contributed by atoms with Gasteiger partial charge < -0.3 is 16.0 Å². The Morgan fingerprint density at radius 2 is 2.00 bits per heavy atom. The normalized spacial score (nSPS) is 16.8. The average molecular weight is 305 g/mol. The number of carbonyl (C=O) groups excluding carboxylic acids is 1. The fourth-order valence-corrected chi connectivity index (χ4v) is 2.50. The van der Waals surface area contributed by atoms with Crippen molar-refractivity contribution < 1.29 is 13.2 Å². The molecule has 1 atom stereocenters. The van der Waals surface area contributed by atoms with E-state index in [-0.39, 0.29) is 11.9 Å². The zero-order valence-electron chi connectivity index (χ0n) is 11.7. The number of carbonyl (C=O) groups is 1. The molecule has 0 aromatic carbocycles. The number of rotatable bonds is 6. The fourth-order valence-electron chi connectivity index (χ4n) is 2.05. The van der Waals surface area contributed by atoms with Gasteiger partial charge in [0.2, 0.25) is 21.9 Å². The molecule has 0 aliphatic carbocycles. The van der Waals surface area contributed by atoms with Gasteiger partial charge in [0.25, 0.3) is 0 Å². The predicted molar refractivity (Wildman–Crippen MR) is 76.7 cm³/mol. The summed E-state index contributed by atoms with van der Waals surface area (Å²) in [6.45, 7) is 1.96. The first-order valence-electron chi connectivity index (χ1n) is 6.64. The van der Waals surface area contributed by atoms with E-state index in [0.29, 0.717) is 19.4 Å². The van der Waals surface area contributed by atoms with Gasteiger partial charge in [0.1, 0.15) is 0 Å². The third-order valence-corrected chi connectivity index (χ3v) is 3.59. The highest BCUT2D eigenvalue weighted by Gasteiger charge is 2.23. The van der Waals surface area contributed by atoms with Crippen LogP contribution in [0.1, 0.15) is 25.7 Å². The first-order valence-corrected chi connectivity index (χ1v) is 8.53. The van der Waals surface area contributed by atoms with E-state index in [1.165, 1.54) is 0 Å². The first-order chi connectivity index (χ1) is 9.29. The van der Waals surface area contributed by atoms with Gasteiger partial charge in [-0.15, -0.1) is 0 Å². The van der Waals surface area contributed by atoms with Crippen LogP contribution in [0.3, 0.4) is 0 Å². The average Bonchev–Trinajstić information content (AvgIpc) is 2.84. The van der Waals surface area contributed by atoms with Gasteiger partial charge in [-0.05, 0) is 25.7 Å². The van der Waals surface area contributed by atoms with Gasteiger partial charge in [-0.1, -0.05) is 0 Å². The Morgan fingerprint density at radius 1 is 1.40 bits per heavy atom. The van der Waals surface area contributed by atoms with Gasteiger partial charge in [0.15, 0.2) is 0 Å². The minimum Gasteiger partial charge on any atom is -0.356 e. The van der Waals surface area contributed by atoms with E-state index in [4.69, 9.17) is 11.1 Å². The third kappa shape index (κ3) is 6.20. The Balaban J connectivity index is 2.17. The first kappa shape index (κ1) is 16.7. The van der Waals surface area contributed by atoms with Crippen LogP contribution >= 0.6 is 0 Å². The molecule has 1 amide bonds. The zero-order valence-corrected chi connectivity index (χ0v) is 12.5. The van der Waals surface area contributed by atoms with Crippen molar-refractivity contribution in [2.75, 3.05) is 25.9 Å². The SMILES string of the molecule is CS(=O)(=O)NC(=N)NCCC[C@H](N)C(=O)N1CCCC1. The monoisotopic (exact) mass is 305 g/mol. The van der Waals surface area contributed by atoms with Crippen LogP contribution in [0.5, 0.6) is 0 Å². The van der Waals surface area contributed by atoms with Crippen molar-refractivity contribution in [2.45, 2.75) is 31.7 Å². The number of hydrogen-bond acceptors (Lipinski definition) is 5. The molecule has 0 radical (unpaired) electrons. The Hall–Kier alpha value is -1.35. The molecule has 1 fully saturated rings. The van der Waals surface area contributed by atoms with Gasteiger partial charge >= 0.3 is 0 Å². The lowest BCUT2D eigenvalue weighted by Crippen LogP contribution is -2.43. The third-order valence-electron chi connectivity index (χ3n) is 3.02. The summed E-state index contributed by atoms with van der Waals surface area (Å²) in [7, 11) is -3.42. The summed E-state index contributed by atoms with van der Waals surface area (Å²) in [6, 6.07) is -0.521. The Morgan fingerprint density at radius 3 is 2.55 bits per heavy atom. The fraction of sp³-hybridized carbons (Fsp3) is 0.818. The predicted octanol–water partition coefficient (Wildman–Crippen LogP) is -1.21. The van der Waals surface area contributed by atoms with E-state index < -0.39 is 16.1 Å². The number of amides is 1. The maximum Gasteiger partial charge on any atom is 0.239 e. The molecule has 9 heteroatoms. The Bertz CT molecular complexity index is 445. The summed E-state index contributed by atoms with van der Waals surface area (Å²) in [4.78, 5) is 13.7. The summed E-state index contributed by atoms with van der Waals surface area (Å²) in [5.74, 6) is -0.293. The number of hydrogen-bond donors (Lipinski definition) is 4. The highest BCUT2D eigenvalue weighted by atomic mass is 32.2. The smallest absolute Gasteiger partial charge is 0.239 e. The molecule has 20 heavy (non-hydrogen) atoms. The van der Waals surface area contributed by atoms with Crippen molar-refractivity contribution in [1.82, 2.24) is 14.9 Å². The van der Waals surface area contributed by atoms with Crippen LogP contribution in [0.4, 0.5) is 0 Å². The molecule has 8 nitrogen and oxygen atoms in total. The molecular formula is C11H23N5O3S. The number of guanidine groups is 1. The summed E-state index contributed by atoms with van der Waals surface area (Å²) < 4.78 is 23.7. The van der Waals surface area contributed by atoms with Crippen LogP contribution in [-0.4, -0.2) is 57.1 Å². The van der Waals surface area contributed by atoms with Crippen molar-refractivity contribution in [3.63, 3.8) is 0 Å². The summed E-state index contributed by atoms with van der Waals surface area (Å²) in [6.07, 6.45) is 4.15. The van der Waals surface area contributed by atoms with Crippen molar-refractivity contribution in [3.05, 3.63) is 0 Å². The van der Waals surface area contributed by atoms with Gasteiger partial charge in [-0.3, -0.25) is 14.9 Å². The van der Waals surface area contributed by atoms with E-state index in [9.17, 15) is 13.2 Å². The lowest BCUT2D eigenvalue weighted by atomic mass is 10.1. The number of nitrogens with one attached hydrogen (secondary N) is 3. The molecule has 1 rings (SSSR count). The Labute approximate surface area is 119 Å². The second-order valence-corrected chi connectivity index (χ2v) is 6.71. The van der Waals surface area contributed by atoms with Crippen molar-refractivity contribution in [2.24, 2.45) is 5.73 Å². The van der Waals surface area contributed by atoms with Crippen LogP contribution in [0.15, 0.2) is 0 Å². The number of nitrogens with two attached hydrogens (primary N) is 1. The molecule has 0 saturated carbocycles. The van der Waals surface area contributed by atoms with Gasteiger partial charge in [0.05, 0.1) is 12.3 Å². The number of nitrogens with zero attached hydrogens (tertiary/aromatic N) is 1. The molecule has 0 aromatic heterocycles.